The lowest BCUT2D eigenvalue weighted by Crippen LogP contribution is -2.31. The Morgan fingerprint density at radius 2 is 2.04 bits per heavy atom. The number of carbonyl (C=O) groups is 1. The van der Waals surface area contributed by atoms with Crippen LogP contribution < -0.4 is 10.6 Å². The van der Waals surface area contributed by atoms with Crippen molar-refractivity contribution < 1.29 is 13.6 Å². The fourth-order valence-corrected chi connectivity index (χ4v) is 2.23. The molecule has 8 heteroatoms. The zero-order valence-electron chi connectivity index (χ0n) is 13.3. The van der Waals surface area contributed by atoms with Gasteiger partial charge in [0.1, 0.15) is 0 Å². The van der Waals surface area contributed by atoms with Gasteiger partial charge >= 0.3 is 6.03 Å². The fourth-order valence-electron chi connectivity index (χ4n) is 2.23. The molecule has 1 atom stereocenters. The Morgan fingerprint density at radius 3 is 2.68 bits per heavy atom. The molecule has 0 aliphatic heterocycles. The van der Waals surface area contributed by atoms with Crippen molar-refractivity contribution in [1.82, 2.24) is 20.1 Å². The van der Waals surface area contributed by atoms with Gasteiger partial charge in [0.2, 0.25) is 0 Å². The Morgan fingerprint density at radius 1 is 1.20 bits per heavy atom. The van der Waals surface area contributed by atoms with Gasteiger partial charge in [0.25, 0.3) is 0 Å². The number of benzene rings is 1. The summed E-state index contributed by atoms with van der Waals surface area (Å²) in [5.41, 5.74) is 0.951. The van der Waals surface area contributed by atoms with Crippen molar-refractivity contribution in [2.75, 3.05) is 5.32 Å². The topological polar surface area (TPSA) is 71.8 Å². The molecule has 1 aromatic carbocycles. The average Bonchev–Trinajstić information content (AvgIpc) is 3.12. The minimum atomic E-state index is -0.954. The second-order valence-electron chi connectivity index (χ2n) is 5.35. The standard InChI is InChI=1S/C17H15F2N5O/c1-11(12-3-5-14(18)15(19)9-12)22-17(25)23-13-4-6-16(20-10-13)24-8-2-7-21-24/h2-11H,1H3,(H2,22,23,25)/t11-/m0/s1. The lowest BCUT2D eigenvalue weighted by atomic mass is 10.1. The van der Waals surface area contributed by atoms with Crippen LogP contribution in [0.4, 0.5) is 19.3 Å². The van der Waals surface area contributed by atoms with Crippen molar-refractivity contribution in [2.24, 2.45) is 0 Å². The SMILES string of the molecule is C[C@H](NC(=O)Nc1ccc(-n2cccn2)nc1)c1ccc(F)c(F)c1. The van der Waals surface area contributed by atoms with Crippen LogP contribution in [-0.2, 0) is 0 Å². The van der Waals surface area contributed by atoms with Crippen LogP contribution in [0.1, 0.15) is 18.5 Å². The second kappa shape index (κ2) is 7.08. The first-order valence-electron chi connectivity index (χ1n) is 7.51. The molecule has 0 radical (unpaired) electrons. The number of nitrogens with one attached hydrogen (secondary N) is 2. The highest BCUT2D eigenvalue weighted by Gasteiger charge is 2.12. The highest BCUT2D eigenvalue weighted by molar-refractivity contribution is 5.89. The maximum Gasteiger partial charge on any atom is 0.319 e. The first-order valence-corrected chi connectivity index (χ1v) is 7.51. The fraction of sp³-hybridized carbons (Fsp3) is 0.118. The van der Waals surface area contributed by atoms with Crippen molar-refractivity contribution in [3.8, 4) is 5.82 Å². The van der Waals surface area contributed by atoms with E-state index < -0.39 is 23.7 Å². The van der Waals surface area contributed by atoms with E-state index in [-0.39, 0.29) is 0 Å². The van der Waals surface area contributed by atoms with Crippen LogP contribution in [0.15, 0.2) is 55.0 Å². The number of urea groups is 1. The summed E-state index contributed by atoms with van der Waals surface area (Å²) < 4.78 is 27.8. The molecule has 128 valence electrons. The lowest BCUT2D eigenvalue weighted by molar-refractivity contribution is 0.249. The van der Waals surface area contributed by atoms with E-state index >= 15 is 0 Å². The van der Waals surface area contributed by atoms with Gasteiger partial charge in [-0.25, -0.2) is 23.2 Å². The summed E-state index contributed by atoms with van der Waals surface area (Å²) >= 11 is 0. The molecular weight excluding hydrogens is 328 g/mol. The zero-order chi connectivity index (χ0) is 17.8. The largest absolute Gasteiger partial charge is 0.331 e. The van der Waals surface area contributed by atoms with E-state index in [1.807, 2.05) is 0 Å². The molecule has 2 heterocycles. The monoisotopic (exact) mass is 343 g/mol. The number of carbonyl (C=O) groups excluding carboxylic acids is 1. The second-order valence-corrected chi connectivity index (χ2v) is 5.35. The Bertz CT molecular complexity index is 865. The number of nitrogens with zero attached hydrogens (tertiary/aromatic N) is 3. The van der Waals surface area contributed by atoms with Crippen molar-refractivity contribution >= 4 is 11.7 Å². The molecule has 0 spiro atoms. The molecule has 0 unspecified atom stereocenters. The van der Waals surface area contributed by atoms with E-state index in [2.05, 4.69) is 20.7 Å². The smallest absolute Gasteiger partial charge is 0.319 e. The number of halogens is 2. The van der Waals surface area contributed by atoms with Crippen LogP contribution in [-0.4, -0.2) is 20.8 Å². The van der Waals surface area contributed by atoms with Gasteiger partial charge in [0, 0.05) is 12.4 Å². The Labute approximate surface area is 142 Å². The molecule has 3 aromatic rings. The molecule has 2 N–H and O–H groups in total. The predicted octanol–water partition coefficient (Wildman–Crippen LogP) is 3.43. The predicted molar refractivity (Wildman–Crippen MR) is 88.3 cm³/mol. The molecule has 0 bridgehead atoms. The molecule has 0 fully saturated rings. The van der Waals surface area contributed by atoms with Crippen molar-refractivity contribution in [1.29, 1.82) is 0 Å². The van der Waals surface area contributed by atoms with E-state index in [1.54, 1.807) is 42.2 Å². The van der Waals surface area contributed by atoms with Gasteiger partial charge in [0.15, 0.2) is 17.5 Å². The van der Waals surface area contributed by atoms with Gasteiger partial charge in [0.05, 0.1) is 17.9 Å². The third-order valence-corrected chi connectivity index (χ3v) is 3.54. The summed E-state index contributed by atoms with van der Waals surface area (Å²) in [6.07, 6.45) is 4.89. The maximum absolute atomic E-state index is 13.3. The summed E-state index contributed by atoms with van der Waals surface area (Å²) in [5.74, 6) is -1.26. The van der Waals surface area contributed by atoms with Crippen LogP contribution in [0, 0.1) is 11.6 Å². The van der Waals surface area contributed by atoms with Gasteiger partial charge < -0.3 is 10.6 Å². The average molecular weight is 343 g/mol. The van der Waals surface area contributed by atoms with Crippen LogP contribution >= 0.6 is 0 Å². The van der Waals surface area contributed by atoms with Gasteiger partial charge in [-0.15, -0.1) is 0 Å². The number of pyridine rings is 1. The minimum Gasteiger partial charge on any atom is -0.331 e. The number of anilines is 1. The quantitative estimate of drug-likeness (QED) is 0.762. The van der Waals surface area contributed by atoms with Crippen molar-refractivity contribution in [2.45, 2.75) is 13.0 Å². The van der Waals surface area contributed by atoms with Gasteiger partial charge in [-0.2, -0.15) is 5.10 Å². The first-order chi connectivity index (χ1) is 12.0. The summed E-state index contributed by atoms with van der Waals surface area (Å²) in [5, 5.41) is 9.34. The van der Waals surface area contributed by atoms with E-state index in [9.17, 15) is 13.6 Å². The highest BCUT2D eigenvalue weighted by Crippen LogP contribution is 2.16. The van der Waals surface area contributed by atoms with E-state index in [0.717, 1.165) is 12.1 Å². The number of hydrogen-bond acceptors (Lipinski definition) is 3. The number of aromatic nitrogens is 3. The van der Waals surface area contributed by atoms with Crippen LogP contribution in [0.2, 0.25) is 0 Å². The summed E-state index contributed by atoms with van der Waals surface area (Å²) in [6.45, 7) is 1.67. The van der Waals surface area contributed by atoms with E-state index in [1.165, 1.54) is 12.3 Å². The number of rotatable bonds is 4. The third kappa shape index (κ3) is 3.97. The molecule has 0 aliphatic carbocycles. The Balaban J connectivity index is 1.61. The zero-order valence-corrected chi connectivity index (χ0v) is 13.3. The number of hydrogen-bond donors (Lipinski definition) is 2. The summed E-state index contributed by atoms with van der Waals surface area (Å²) in [4.78, 5) is 16.2. The normalized spacial score (nSPS) is 11.8. The van der Waals surface area contributed by atoms with E-state index in [4.69, 9.17) is 0 Å². The molecule has 2 aromatic heterocycles. The molecule has 6 nitrogen and oxygen atoms in total. The molecular formula is C17H15F2N5O. The van der Waals surface area contributed by atoms with Crippen LogP contribution in [0.25, 0.3) is 5.82 Å². The summed E-state index contributed by atoms with van der Waals surface area (Å²) in [6, 6.07) is 7.70. The van der Waals surface area contributed by atoms with Crippen molar-refractivity contribution in [3.05, 3.63) is 72.2 Å². The lowest BCUT2D eigenvalue weighted by Gasteiger charge is -2.15. The highest BCUT2D eigenvalue weighted by atomic mass is 19.2. The molecule has 2 amide bonds. The van der Waals surface area contributed by atoms with Crippen molar-refractivity contribution in [3.63, 3.8) is 0 Å². The van der Waals surface area contributed by atoms with Gasteiger partial charge in [-0.05, 0) is 42.8 Å². The molecule has 3 rings (SSSR count). The molecule has 0 saturated heterocycles. The maximum atomic E-state index is 13.3. The summed E-state index contributed by atoms with van der Waals surface area (Å²) in [7, 11) is 0. The Hall–Kier alpha value is -3.29. The third-order valence-electron chi connectivity index (χ3n) is 3.54. The van der Waals surface area contributed by atoms with Gasteiger partial charge in [-0.3, -0.25) is 0 Å². The molecule has 0 saturated carbocycles. The van der Waals surface area contributed by atoms with Crippen LogP contribution in [0.5, 0.6) is 0 Å². The van der Waals surface area contributed by atoms with Crippen LogP contribution in [0.3, 0.4) is 0 Å². The first kappa shape index (κ1) is 16.6. The molecule has 25 heavy (non-hydrogen) atoms. The molecule has 0 aliphatic rings. The number of amides is 2. The van der Waals surface area contributed by atoms with E-state index in [0.29, 0.717) is 17.1 Å². The van der Waals surface area contributed by atoms with Gasteiger partial charge in [-0.1, -0.05) is 6.07 Å². The minimum absolute atomic E-state index is 0.459. The Kier molecular flexibility index (Phi) is 4.69.